The summed E-state index contributed by atoms with van der Waals surface area (Å²) < 4.78 is 1.66. The third-order valence-electron chi connectivity index (χ3n) is 5.19. The highest BCUT2D eigenvalue weighted by Gasteiger charge is 2.47. The number of benzene rings is 3. The van der Waals surface area contributed by atoms with Crippen LogP contribution in [0.15, 0.2) is 66.7 Å². The number of nitrogens with one attached hydrogen (secondary N) is 2. The van der Waals surface area contributed by atoms with Gasteiger partial charge in [-0.15, -0.1) is 10.1 Å². The van der Waals surface area contributed by atoms with Crippen LogP contribution in [0.2, 0.25) is 15.1 Å². The fraction of sp³-hybridized carbons (Fsp3) is 0.125. The number of amides is 2. The standard InChI is InChI=1S/C24H18Cl3N3O2/c1-14-2-4-15(5-3-14)22-21(28-23(31)16-6-9-18(25)10-7-16)24(32)29-30(22)13-17-8-11-19(26)12-20(17)27/h2-13,21-22H,1H3,(H-,28,29,31,32)/p+1/b30-13-/t21-,22-/m0/s1. The highest BCUT2D eigenvalue weighted by Crippen LogP contribution is 2.27. The van der Waals surface area contributed by atoms with Gasteiger partial charge < -0.3 is 5.32 Å². The van der Waals surface area contributed by atoms with Crippen LogP contribution in [0.3, 0.4) is 0 Å². The first-order valence-corrected chi connectivity index (χ1v) is 11.0. The van der Waals surface area contributed by atoms with Gasteiger partial charge in [0.15, 0.2) is 6.04 Å². The second-order valence-corrected chi connectivity index (χ2v) is 8.77. The summed E-state index contributed by atoms with van der Waals surface area (Å²) in [6.07, 6.45) is 1.73. The lowest BCUT2D eigenvalue weighted by Gasteiger charge is -2.15. The number of hydrogen-bond donors (Lipinski definition) is 2. The summed E-state index contributed by atoms with van der Waals surface area (Å²) in [5, 5.41) is 4.35. The van der Waals surface area contributed by atoms with Gasteiger partial charge >= 0.3 is 5.91 Å². The van der Waals surface area contributed by atoms with E-state index in [1.54, 1.807) is 53.4 Å². The van der Waals surface area contributed by atoms with Gasteiger partial charge in [0, 0.05) is 21.2 Å². The molecule has 2 amide bonds. The van der Waals surface area contributed by atoms with E-state index in [1.807, 2.05) is 31.2 Å². The third kappa shape index (κ3) is 4.80. The van der Waals surface area contributed by atoms with E-state index >= 15 is 0 Å². The Balaban J connectivity index is 1.72. The molecule has 3 aromatic rings. The zero-order valence-electron chi connectivity index (χ0n) is 17.0. The summed E-state index contributed by atoms with van der Waals surface area (Å²) in [6.45, 7) is 1.99. The second-order valence-electron chi connectivity index (χ2n) is 7.49. The van der Waals surface area contributed by atoms with E-state index in [0.717, 1.165) is 11.1 Å². The Hall–Kier alpha value is -2.86. The maximum absolute atomic E-state index is 12.9. The van der Waals surface area contributed by atoms with Crippen molar-refractivity contribution in [3.8, 4) is 0 Å². The molecule has 3 aromatic carbocycles. The highest BCUT2D eigenvalue weighted by atomic mass is 35.5. The molecule has 1 aliphatic heterocycles. The van der Waals surface area contributed by atoms with Gasteiger partial charge in [0.2, 0.25) is 12.3 Å². The normalized spacial score (nSPS) is 19.1. The maximum atomic E-state index is 12.9. The van der Waals surface area contributed by atoms with Crippen molar-refractivity contribution < 1.29 is 14.3 Å². The quantitative estimate of drug-likeness (QED) is 0.510. The Morgan fingerprint density at radius 3 is 2.28 bits per heavy atom. The van der Waals surface area contributed by atoms with Crippen molar-refractivity contribution in [2.24, 2.45) is 0 Å². The van der Waals surface area contributed by atoms with E-state index < -0.39 is 12.1 Å². The minimum atomic E-state index is -0.830. The topological polar surface area (TPSA) is 61.2 Å². The van der Waals surface area contributed by atoms with Gasteiger partial charge in [-0.1, -0.05) is 64.6 Å². The van der Waals surface area contributed by atoms with Crippen molar-refractivity contribution >= 4 is 52.8 Å². The molecule has 32 heavy (non-hydrogen) atoms. The van der Waals surface area contributed by atoms with E-state index in [2.05, 4.69) is 10.7 Å². The number of rotatable bonds is 4. The monoisotopic (exact) mass is 486 g/mol. The number of hydrogen-bond acceptors (Lipinski definition) is 2. The van der Waals surface area contributed by atoms with Crippen LogP contribution in [-0.4, -0.2) is 28.8 Å². The molecule has 0 spiro atoms. The predicted molar refractivity (Wildman–Crippen MR) is 127 cm³/mol. The van der Waals surface area contributed by atoms with Gasteiger partial charge in [-0.2, -0.15) is 0 Å². The largest absolute Gasteiger partial charge is 0.334 e. The lowest BCUT2D eigenvalue weighted by atomic mass is 9.98. The summed E-state index contributed by atoms with van der Waals surface area (Å²) in [4.78, 5) is 25.8. The van der Waals surface area contributed by atoms with Gasteiger partial charge in [0.05, 0.1) is 10.6 Å². The Morgan fingerprint density at radius 2 is 1.62 bits per heavy atom. The number of hydrazine groups is 1. The van der Waals surface area contributed by atoms with Crippen LogP contribution in [0.5, 0.6) is 0 Å². The van der Waals surface area contributed by atoms with Crippen LogP contribution >= 0.6 is 34.8 Å². The average molecular weight is 488 g/mol. The Bertz CT molecular complexity index is 1210. The van der Waals surface area contributed by atoms with Crippen molar-refractivity contribution in [3.05, 3.63) is 104 Å². The molecule has 0 aliphatic carbocycles. The van der Waals surface area contributed by atoms with E-state index in [0.29, 0.717) is 26.2 Å². The van der Waals surface area contributed by atoms with Gasteiger partial charge in [-0.3, -0.25) is 9.59 Å². The average Bonchev–Trinajstić information content (AvgIpc) is 3.06. The Morgan fingerprint density at radius 1 is 0.969 bits per heavy atom. The molecule has 1 heterocycles. The molecule has 1 aliphatic rings. The van der Waals surface area contributed by atoms with Crippen molar-refractivity contribution in [1.29, 1.82) is 0 Å². The van der Waals surface area contributed by atoms with Gasteiger partial charge in [0.25, 0.3) is 5.91 Å². The minimum Gasteiger partial charge on any atom is -0.334 e. The van der Waals surface area contributed by atoms with Crippen molar-refractivity contribution in [1.82, 2.24) is 10.7 Å². The number of hydrazone groups is 1. The van der Waals surface area contributed by atoms with Crippen LogP contribution in [-0.2, 0) is 4.79 Å². The first-order chi connectivity index (χ1) is 15.3. The number of carbonyl (C=O) groups excluding carboxylic acids is 2. The molecule has 0 saturated carbocycles. The molecule has 162 valence electrons. The molecule has 0 bridgehead atoms. The molecule has 5 nitrogen and oxygen atoms in total. The van der Waals surface area contributed by atoms with Crippen molar-refractivity contribution in [2.75, 3.05) is 0 Å². The predicted octanol–water partition coefficient (Wildman–Crippen LogP) is 4.97. The molecule has 2 atom stereocenters. The molecular weight excluding hydrogens is 469 g/mol. The smallest absolute Gasteiger partial charge is 0.304 e. The molecule has 0 radical (unpaired) electrons. The van der Waals surface area contributed by atoms with Crippen LogP contribution < -0.4 is 10.7 Å². The zero-order chi connectivity index (χ0) is 22.8. The Labute approximate surface area is 200 Å². The van der Waals surface area contributed by atoms with Gasteiger partial charge in [-0.05, 0) is 49.4 Å². The van der Waals surface area contributed by atoms with E-state index in [1.165, 1.54) is 0 Å². The first-order valence-electron chi connectivity index (χ1n) is 9.83. The fourth-order valence-electron chi connectivity index (χ4n) is 3.53. The number of nitrogens with zero attached hydrogens (tertiary/aromatic N) is 1. The Kier molecular flexibility index (Phi) is 6.51. The number of carbonyl (C=O) groups is 2. The van der Waals surface area contributed by atoms with E-state index in [9.17, 15) is 9.59 Å². The van der Waals surface area contributed by atoms with Crippen LogP contribution in [0.4, 0.5) is 0 Å². The summed E-state index contributed by atoms with van der Waals surface area (Å²) in [5.41, 5.74) is 5.87. The molecule has 0 aromatic heterocycles. The van der Waals surface area contributed by atoms with Gasteiger partial charge in [0.1, 0.15) is 0 Å². The molecular formula is C24H19Cl3N3O2+. The molecule has 8 heteroatoms. The molecule has 0 unspecified atom stereocenters. The fourth-order valence-corrected chi connectivity index (χ4v) is 4.11. The second kappa shape index (κ2) is 9.33. The van der Waals surface area contributed by atoms with E-state index in [4.69, 9.17) is 34.8 Å². The maximum Gasteiger partial charge on any atom is 0.304 e. The third-order valence-corrected chi connectivity index (χ3v) is 6.00. The number of halogens is 3. The molecule has 1 fully saturated rings. The van der Waals surface area contributed by atoms with Gasteiger partial charge in [-0.25, -0.2) is 0 Å². The SMILES string of the molecule is Cc1ccc([C@H]2[C@H](NC(=O)c3ccc(Cl)cc3)C(=O)N/[N+]2=C\c2ccc(Cl)cc2Cl)cc1. The van der Waals surface area contributed by atoms with Crippen LogP contribution in [0.25, 0.3) is 0 Å². The minimum absolute atomic E-state index is 0.334. The van der Waals surface area contributed by atoms with E-state index in [-0.39, 0.29) is 11.8 Å². The lowest BCUT2D eigenvalue weighted by molar-refractivity contribution is -0.596. The number of aryl methyl sites for hydroxylation is 1. The molecule has 4 rings (SSSR count). The summed E-state index contributed by atoms with van der Waals surface area (Å²) in [5.74, 6) is -0.704. The summed E-state index contributed by atoms with van der Waals surface area (Å²) >= 11 is 18.3. The first kappa shape index (κ1) is 22.3. The van der Waals surface area contributed by atoms with Crippen molar-refractivity contribution in [2.45, 2.75) is 19.0 Å². The lowest BCUT2D eigenvalue weighted by Crippen LogP contribution is -2.42. The molecule has 2 N–H and O–H groups in total. The van der Waals surface area contributed by atoms with Crippen LogP contribution in [0, 0.1) is 6.92 Å². The molecule has 1 saturated heterocycles. The highest BCUT2D eigenvalue weighted by molar-refractivity contribution is 6.36. The van der Waals surface area contributed by atoms with Crippen molar-refractivity contribution in [3.63, 3.8) is 0 Å². The summed E-state index contributed by atoms with van der Waals surface area (Å²) in [6, 6.07) is 18.1. The summed E-state index contributed by atoms with van der Waals surface area (Å²) in [7, 11) is 0. The zero-order valence-corrected chi connectivity index (χ0v) is 19.2. The van der Waals surface area contributed by atoms with Crippen LogP contribution in [0.1, 0.15) is 33.1 Å².